The highest BCUT2D eigenvalue weighted by atomic mass is 35.5. The predicted molar refractivity (Wildman–Crippen MR) is 164 cm³/mol. The van der Waals surface area contributed by atoms with Gasteiger partial charge in [-0.3, -0.25) is 13.9 Å². The van der Waals surface area contributed by atoms with Crippen molar-refractivity contribution in [1.82, 2.24) is 10.2 Å². The zero-order valence-corrected chi connectivity index (χ0v) is 25.8. The fourth-order valence-electron chi connectivity index (χ4n) is 4.21. The van der Waals surface area contributed by atoms with Gasteiger partial charge < -0.3 is 15.0 Å². The molecular formula is C30H35Cl2N3O5S. The van der Waals surface area contributed by atoms with E-state index in [0.29, 0.717) is 17.2 Å². The number of nitrogens with one attached hydrogen (secondary N) is 1. The summed E-state index contributed by atoms with van der Waals surface area (Å²) in [6.45, 7) is 3.36. The van der Waals surface area contributed by atoms with Gasteiger partial charge in [0.25, 0.3) is 0 Å². The second kappa shape index (κ2) is 14.6. The van der Waals surface area contributed by atoms with Crippen LogP contribution in [0.3, 0.4) is 0 Å². The number of rotatable bonds is 13. The molecule has 3 rings (SSSR count). The molecule has 2 unspecified atom stereocenters. The molecule has 0 aliphatic carbocycles. The maximum atomic E-state index is 14.1. The molecule has 0 heterocycles. The van der Waals surface area contributed by atoms with E-state index in [4.69, 9.17) is 27.9 Å². The number of halogens is 2. The molecule has 0 aliphatic rings. The van der Waals surface area contributed by atoms with Crippen LogP contribution < -0.4 is 14.4 Å². The van der Waals surface area contributed by atoms with Crippen LogP contribution in [0.5, 0.6) is 5.75 Å². The highest BCUT2D eigenvalue weighted by Crippen LogP contribution is 2.30. The van der Waals surface area contributed by atoms with Gasteiger partial charge in [0.2, 0.25) is 21.8 Å². The Labute approximate surface area is 252 Å². The average molecular weight is 621 g/mol. The number of sulfonamides is 1. The standard InChI is InChI=1S/C30H35Cl2N3O5S/c1-5-21(2)33-30(37)27(17-22-9-7-6-8-10-22)34(19-23-11-13-24(31)14-12-23)29(36)20-35(41(4,38)39)25-15-16-28(40-3)26(32)18-25/h6-16,18,21,27H,5,17,19-20H2,1-4H3,(H,33,37). The molecule has 0 aliphatic heterocycles. The summed E-state index contributed by atoms with van der Waals surface area (Å²) < 4.78 is 32.0. The van der Waals surface area contributed by atoms with E-state index < -0.39 is 28.5 Å². The van der Waals surface area contributed by atoms with Gasteiger partial charge in [-0.2, -0.15) is 0 Å². The van der Waals surface area contributed by atoms with Crippen molar-refractivity contribution in [3.63, 3.8) is 0 Å². The molecule has 0 bridgehead atoms. The van der Waals surface area contributed by atoms with Crippen molar-refractivity contribution < 1.29 is 22.7 Å². The maximum absolute atomic E-state index is 14.1. The van der Waals surface area contributed by atoms with Gasteiger partial charge in [-0.05, 0) is 54.8 Å². The molecule has 41 heavy (non-hydrogen) atoms. The quantitative estimate of drug-likeness (QED) is 0.279. The Bertz CT molecular complexity index is 1440. The second-order valence-electron chi connectivity index (χ2n) is 9.76. The lowest BCUT2D eigenvalue weighted by Gasteiger charge is -2.34. The fraction of sp³-hybridized carbons (Fsp3) is 0.333. The van der Waals surface area contributed by atoms with Crippen molar-refractivity contribution in [2.75, 3.05) is 24.2 Å². The Morgan fingerprint density at radius 2 is 1.63 bits per heavy atom. The molecule has 8 nitrogen and oxygen atoms in total. The lowest BCUT2D eigenvalue weighted by molar-refractivity contribution is -0.140. The fourth-order valence-corrected chi connectivity index (χ4v) is 5.43. The van der Waals surface area contributed by atoms with Crippen molar-refractivity contribution in [3.05, 3.63) is 94.0 Å². The first kappa shape index (κ1) is 32.2. The third kappa shape index (κ3) is 9.11. The number of nitrogens with zero attached hydrogens (tertiary/aromatic N) is 2. The van der Waals surface area contributed by atoms with Gasteiger partial charge in [-0.15, -0.1) is 0 Å². The number of carbonyl (C=O) groups excluding carboxylic acids is 2. The minimum atomic E-state index is -3.92. The SMILES string of the molecule is CCC(C)NC(=O)C(Cc1ccccc1)N(Cc1ccc(Cl)cc1)C(=O)CN(c1ccc(OC)c(Cl)c1)S(C)(=O)=O. The van der Waals surface area contributed by atoms with E-state index in [1.54, 1.807) is 24.3 Å². The van der Waals surface area contributed by atoms with E-state index >= 15 is 0 Å². The Morgan fingerprint density at radius 1 is 0.976 bits per heavy atom. The first-order chi connectivity index (χ1) is 19.4. The monoisotopic (exact) mass is 619 g/mol. The average Bonchev–Trinajstić information content (AvgIpc) is 2.94. The minimum absolute atomic E-state index is 0.0579. The van der Waals surface area contributed by atoms with Crippen LogP contribution in [0.4, 0.5) is 5.69 Å². The van der Waals surface area contributed by atoms with E-state index in [2.05, 4.69) is 5.32 Å². The molecule has 11 heteroatoms. The van der Waals surface area contributed by atoms with E-state index in [1.165, 1.54) is 30.2 Å². The summed E-state index contributed by atoms with van der Waals surface area (Å²) in [7, 11) is -2.47. The van der Waals surface area contributed by atoms with E-state index in [9.17, 15) is 18.0 Å². The molecule has 0 fully saturated rings. The van der Waals surface area contributed by atoms with Gasteiger partial charge in [-0.25, -0.2) is 8.42 Å². The molecule has 0 saturated carbocycles. The van der Waals surface area contributed by atoms with Crippen LogP contribution in [0.1, 0.15) is 31.4 Å². The lowest BCUT2D eigenvalue weighted by atomic mass is 10.0. The van der Waals surface area contributed by atoms with Crippen LogP contribution >= 0.6 is 23.2 Å². The predicted octanol–water partition coefficient (Wildman–Crippen LogP) is 5.32. The van der Waals surface area contributed by atoms with Gasteiger partial charge in [0.05, 0.1) is 24.1 Å². The van der Waals surface area contributed by atoms with E-state index in [0.717, 1.165) is 21.7 Å². The van der Waals surface area contributed by atoms with E-state index in [1.807, 2.05) is 44.2 Å². The highest BCUT2D eigenvalue weighted by molar-refractivity contribution is 7.92. The Balaban J connectivity index is 2.06. The number of ether oxygens (including phenoxy) is 1. The molecule has 0 spiro atoms. The second-order valence-corrected chi connectivity index (χ2v) is 12.5. The van der Waals surface area contributed by atoms with Crippen LogP contribution in [0.15, 0.2) is 72.8 Å². The topological polar surface area (TPSA) is 96.0 Å². The number of benzene rings is 3. The van der Waals surface area contributed by atoms with E-state index in [-0.39, 0.29) is 35.6 Å². The zero-order valence-electron chi connectivity index (χ0n) is 23.5. The highest BCUT2D eigenvalue weighted by Gasteiger charge is 2.33. The smallest absolute Gasteiger partial charge is 0.244 e. The molecule has 3 aromatic rings. The maximum Gasteiger partial charge on any atom is 0.244 e. The van der Waals surface area contributed by atoms with Gasteiger partial charge in [-0.1, -0.05) is 72.6 Å². The Morgan fingerprint density at radius 3 is 2.20 bits per heavy atom. The van der Waals surface area contributed by atoms with Crippen LogP contribution in [-0.2, 0) is 32.6 Å². The molecule has 1 N–H and O–H groups in total. The molecular weight excluding hydrogens is 585 g/mol. The summed E-state index contributed by atoms with van der Waals surface area (Å²) in [5.41, 5.74) is 1.78. The molecule has 3 aromatic carbocycles. The molecule has 0 aromatic heterocycles. The largest absolute Gasteiger partial charge is 0.495 e. The normalized spacial score (nSPS) is 12.7. The number of amides is 2. The molecule has 2 atom stereocenters. The van der Waals surface area contributed by atoms with Crippen molar-refractivity contribution in [2.24, 2.45) is 0 Å². The first-order valence-electron chi connectivity index (χ1n) is 13.1. The first-order valence-corrected chi connectivity index (χ1v) is 15.7. The van der Waals surface area contributed by atoms with Crippen LogP contribution in [0.2, 0.25) is 10.0 Å². The third-order valence-electron chi connectivity index (χ3n) is 6.64. The van der Waals surface area contributed by atoms with Crippen LogP contribution in [0.25, 0.3) is 0 Å². The summed E-state index contributed by atoms with van der Waals surface area (Å²) >= 11 is 12.4. The molecule has 0 radical (unpaired) electrons. The minimum Gasteiger partial charge on any atom is -0.495 e. The zero-order chi connectivity index (χ0) is 30.2. The van der Waals surface area contributed by atoms with Gasteiger partial charge in [0.15, 0.2) is 0 Å². The molecule has 0 saturated heterocycles. The molecule has 2 amide bonds. The van der Waals surface area contributed by atoms with Crippen molar-refractivity contribution >= 4 is 50.7 Å². The number of anilines is 1. The summed E-state index contributed by atoms with van der Waals surface area (Å²) in [4.78, 5) is 29.2. The lowest BCUT2D eigenvalue weighted by Crippen LogP contribution is -2.54. The van der Waals surface area contributed by atoms with Gasteiger partial charge in [0, 0.05) is 24.0 Å². The van der Waals surface area contributed by atoms with Crippen molar-refractivity contribution in [2.45, 2.75) is 45.3 Å². The number of hydrogen-bond acceptors (Lipinski definition) is 5. The van der Waals surface area contributed by atoms with Gasteiger partial charge >= 0.3 is 0 Å². The van der Waals surface area contributed by atoms with Crippen LogP contribution in [-0.4, -0.2) is 57.1 Å². The summed E-state index contributed by atoms with van der Waals surface area (Å²) in [6, 6.07) is 19.7. The summed E-state index contributed by atoms with van der Waals surface area (Å²) in [6.07, 6.45) is 1.95. The van der Waals surface area contributed by atoms with Crippen LogP contribution in [0, 0.1) is 0 Å². The number of hydrogen-bond donors (Lipinski definition) is 1. The Hall–Kier alpha value is -3.27. The number of methoxy groups -OCH3 is 1. The number of carbonyl (C=O) groups is 2. The summed E-state index contributed by atoms with van der Waals surface area (Å²) in [5, 5.41) is 3.72. The van der Waals surface area contributed by atoms with Crippen molar-refractivity contribution in [3.8, 4) is 5.75 Å². The Kier molecular flexibility index (Phi) is 11.5. The third-order valence-corrected chi connectivity index (χ3v) is 8.33. The molecule has 220 valence electrons. The van der Waals surface area contributed by atoms with Gasteiger partial charge in [0.1, 0.15) is 18.3 Å². The van der Waals surface area contributed by atoms with Crippen molar-refractivity contribution in [1.29, 1.82) is 0 Å². The summed E-state index contributed by atoms with van der Waals surface area (Å²) in [5.74, 6) is -0.523.